The first-order valence-electron chi connectivity index (χ1n) is 13.2. The number of carbonyl (C=O) groups is 1. The summed E-state index contributed by atoms with van der Waals surface area (Å²) < 4.78 is 83.0. The lowest BCUT2D eigenvalue weighted by Crippen LogP contribution is -2.30. The van der Waals surface area contributed by atoms with Gasteiger partial charge in [-0.3, -0.25) is 8.98 Å². The maximum Gasteiger partial charge on any atom is 0.573 e. The minimum Gasteiger partial charge on any atom is -0.497 e. The molecular weight excluding hydrogens is 619 g/mol. The Labute approximate surface area is 257 Å². The van der Waals surface area contributed by atoms with Crippen LogP contribution in [0.4, 0.5) is 18.9 Å². The summed E-state index contributed by atoms with van der Waals surface area (Å²) in [4.78, 5) is 13.7. The molecule has 0 saturated heterocycles. The Morgan fingerprint density at radius 3 is 1.95 bits per heavy atom. The van der Waals surface area contributed by atoms with Crippen molar-refractivity contribution in [2.75, 3.05) is 26.6 Å². The molecule has 44 heavy (non-hydrogen) atoms. The number of nitrogens with one attached hydrogen (secondary N) is 1. The number of hydrogen-bond acceptors (Lipinski definition) is 8. The van der Waals surface area contributed by atoms with Gasteiger partial charge in [0.15, 0.2) is 0 Å². The number of rotatable bonds is 10. The summed E-state index contributed by atoms with van der Waals surface area (Å²) >= 11 is 1.24. The van der Waals surface area contributed by atoms with E-state index >= 15 is 0 Å². The number of ether oxygens (including phenoxy) is 3. The van der Waals surface area contributed by atoms with Crippen LogP contribution in [0, 0.1) is 0 Å². The lowest BCUT2D eigenvalue weighted by atomic mass is 9.77. The smallest absolute Gasteiger partial charge is 0.497 e. The van der Waals surface area contributed by atoms with Gasteiger partial charge >= 0.3 is 6.36 Å². The highest BCUT2D eigenvalue weighted by Crippen LogP contribution is 2.40. The van der Waals surface area contributed by atoms with Gasteiger partial charge in [-0.25, -0.2) is 0 Å². The van der Waals surface area contributed by atoms with E-state index in [1.165, 1.54) is 31.6 Å². The summed E-state index contributed by atoms with van der Waals surface area (Å²) in [7, 11) is 0.0489. The lowest BCUT2D eigenvalue weighted by molar-refractivity contribution is -0.274. The SMILES string of the molecule is COc1cc(NC(=O)c2cc3cc(C(C)(C)S(=O)(=O)OC)ccc3s2)cc(C(C)(C)c2cc(OC)cc(OC(F)(F)F)c2)c1. The van der Waals surface area contributed by atoms with Crippen LogP contribution in [0.1, 0.15) is 54.1 Å². The van der Waals surface area contributed by atoms with Crippen LogP contribution >= 0.6 is 11.3 Å². The lowest BCUT2D eigenvalue weighted by Gasteiger charge is -2.28. The molecule has 4 aromatic rings. The number of anilines is 1. The first-order chi connectivity index (χ1) is 20.4. The maximum atomic E-state index is 13.4. The summed E-state index contributed by atoms with van der Waals surface area (Å²) in [5.74, 6) is -0.228. The minimum atomic E-state index is -4.88. The second-order valence-electron chi connectivity index (χ2n) is 11.0. The first-order valence-corrected chi connectivity index (χ1v) is 15.4. The third-order valence-corrected chi connectivity index (χ3v) is 10.5. The molecule has 236 valence electrons. The fraction of sp³-hybridized carbons (Fsp3) is 0.323. The van der Waals surface area contributed by atoms with E-state index in [1.54, 1.807) is 62.4 Å². The molecule has 0 radical (unpaired) electrons. The van der Waals surface area contributed by atoms with Crippen molar-refractivity contribution in [1.29, 1.82) is 0 Å². The third-order valence-electron chi connectivity index (χ3n) is 7.47. The monoisotopic (exact) mass is 651 g/mol. The predicted octanol–water partition coefficient (Wildman–Crippen LogP) is 7.61. The Bertz CT molecular complexity index is 1810. The molecule has 0 bridgehead atoms. The van der Waals surface area contributed by atoms with Crippen LogP contribution in [0.2, 0.25) is 0 Å². The van der Waals surface area contributed by atoms with Crippen molar-refractivity contribution < 1.29 is 44.8 Å². The summed E-state index contributed by atoms with van der Waals surface area (Å²) in [6.07, 6.45) is -4.88. The standard InChI is InChI=1S/C31H32F3NO7S2/c1-29(2,21-14-24(40-6)17-25(15-21)42-31(32,33)34)20-12-22(16-23(13-20)39-5)35-28(36)27-11-18-10-19(8-9-26(18)43-27)30(3,4)44(37,38)41-7/h8-17H,1-7H3,(H,35,36). The number of fused-ring (bicyclic) bond motifs is 1. The van der Waals surface area contributed by atoms with Crippen LogP contribution in [0.3, 0.4) is 0 Å². The second-order valence-corrected chi connectivity index (χ2v) is 14.3. The molecule has 0 aliphatic carbocycles. The number of halogens is 3. The van der Waals surface area contributed by atoms with E-state index in [9.17, 15) is 26.4 Å². The minimum absolute atomic E-state index is 0.183. The van der Waals surface area contributed by atoms with Gasteiger partial charge in [-0.1, -0.05) is 19.9 Å². The number of amides is 1. The number of hydrogen-bond donors (Lipinski definition) is 1. The van der Waals surface area contributed by atoms with Gasteiger partial charge in [0.1, 0.15) is 22.0 Å². The van der Waals surface area contributed by atoms with Gasteiger partial charge in [-0.2, -0.15) is 8.42 Å². The maximum absolute atomic E-state index is 13.4. The molecule has 0 atom stereocenters. The van der Waals surface area contributed by atoms with Crippen LogP contribution in [0.25, 0.3) is 10.1 Å². The van der Waals surface area contributed by atoms with E-state index in [1.807, 2.05) is 13.8 Å². The highest BCUT2D eigenvalue weighted by molar-refractivity contribution is 7.87. The second kappa shape index (κ2) is 11.9. The first kappa shape index (κ1) is 33.1. The van der Waals surface area contributed by atoms with Crippen molar-refractivity contribution in [3.8, 4) is 17.2 Å². The highest BCUT2D eigenvalue weighted by Gasteiger charge is 2.37. The molecule has 0 saturated carbocycles. The zero-order valence-electron chi connectivity index (χ0n) is 25.1. The Balaban J connectivity index is 1.67. The molecule has 1 heterocycles. The molecule has 0 aliphatic rings. The van der Waals surface area contributed by atoms with Crippen molar-refractivity contribution in [2.45, 2.75) is 44.2 Å². The van der Waals surface area contributed by atoms with Crippen LogP contribution in [0.5, 0.6) is 17.2 Å². The van der Waals surface area contributed by atoms with Crippen molar-refractivity contribution in [1.82, 2.24) is 0 Å². The average Bonchev–Trinajstić information content (AvgIpc) is 3.39. The summed E-state index contributed by atoms with van der Waals surface area (Å²) in [5, 5.41) is 3.57. The summed E-state index contributed by atoms with van der Waals surface area (Å²) in [6.45, 7) is 6.72. The zero-order chi connectivity index (χ0) is 32.7. The Hall–Kier alpha value is -3.81. The van der Waals surface area contributed by atoms with Crippen molar-refractivity contribution in [3.05, 3.63) is 82.2 Å². The summed E-state index contributed by atoms with van der Waals surface area (Å²) in [6, 6.07) is 16.0. The molecular formula is C31H32F3NO7S2. The van der Waals surface area contributed by atoms with Gasteiger partial charge in [-0.15, -0.1) is 24.5 Å². The molecule has 13 heteroatoms. The van der Waals surface area contributed by atoms with Gasteiger partial charge in [0, 0.05) is 27.9 Å². The fourth-order valence-corrected chi connectivity index (χ4v) is 6.41. The summed E-state index contributed by atoms with van der Waals surface area (Å²) in [5.41, 5.74) is 1.15. The van der Waals surface area contributed by atoms with Crippen molar-refractivity contribution in [3.63, 3.8) is 0 Å². The third kappa shape index (κ3) is 6.79. The molecule has 0 spiro atoms. The van der Waals surface area contributed by atoms with Crippen molar-refractivity contribution in [2.24, 2.45) is 0 Å². The van der Waals surface area contributed by atoms with E-state index in [2.05, 4.69) is 10.1 Å². The van der Waals surface area contributed by atoms with Gasteiger partial charge < -0.3 is 19.5 Å². The average molecular weight is 652 g/mol. The molecule has 1 aromatic heterocycles. The van der Waals surface area contributed by atoms with Gasteiger partial charge in [0.2, 0.25) is 0 Å². The molecule has 1 N–H and O–H groups in total. The Kier molecular flexibility index (Phi) is 8.98. The van der Waals surface area contributed by atoms with Crippen LogP contribution in [0.15, 0.2) is 60.7 Å². The predicted molar refractivity (Wildman–Crippen MR) is 164 cm³/mol. The number of thiophene rings is 1. The Morgan fingerprint density at radius 1 is 0.773 bits per heavy atom. The Morgan fingerprint density at radius 2 is 1.36 bits per heavy atom. The molecule has 1 amide bonds. The topological polar surface area (TPSA) is 100 Å². The zero-order valence-corrected chi connectivity index (χ0v) is 26.7. The van der Waals surface area contributed by atoms with E-state index in [-0.39, 0.29) is 5.75 Å². The van der Waals surface area contributed by atoms with Crippen LogP contribution in [-0.2, 0) is 24.5 Å². The van der Waals surface area contributed by atoms with E-state index in [0.717, 1.165) is 17.9 Å². The number of carbonyl (C=O) groups excluding carboxylic acids is 1. The van der Waals surface area contributed by atoms with Gasteiger partial charge in [-0.05, 0) is 78.4 Å². The molecule has 4 rings (SSSR count). The van der Waals surface area contributed by atoms with Crippen LogP contribution < -0.4 is 19.5 Å². The van der Waals surface area contributed by atoms with E-state index in [0.29, 0.717) is 38.4 Å². The normalized spacial score (nSPS) is 12.7. The quantitative estimate of drug-likeness (QED) is 0.176. The largest absolute Gasteiger partial charge is 0.573 e. The molecule has 3 aromatic carbocycles. The highest BCUT2D eigenvalue weighted by atomic mass is 32.2. The number of alkyl halides is 3. The van der Waals surface area contributed by atoms with E-state index < -0.39 is 38.3 Å². The van der Waals surface area contributed by atoms with E-state index in [4.69, 9.17) is 13.7 Å². The molecule has 8 nitrogen and oxygen atoms in total. The fourth-order valence-electron chi connectivity index (χ4n) is 4.63. The number of methoxy groups -OCH3 is 2. The van der Waals surface area contributed by atoms with Crippen molar-refractivity contribution >= 4 is 43.1 Å². The molecule has 0 fully saturated rings. The van der Waals surface area contributed by atoms with Crippen LogP contribution in [-0.4, -0.2) is 42.0 Å². The number of benzene rings is 3. The van der Waals surface area contributed by atoms with Gasteiger partial charge in [0.05, 0.1) is 26.2 Å². The molecule has 0 aliphatic heterocycles. The van der Waals surface area contributed by atoms with Gasteiger partial charge in [0.25, 0.3) is 16.0 Å². The molecule has 0 unspecified atom stereocenters.